The minimum atomic E-state index is -4.38. The fraction of sp³-hybridized carbons (Fsp3) is 0.273. The van der Waals surface area contributed by atoms with Gasteiger partial charge in [-0.3, -0.25) is 5.10 Å². The Hall–Kier alpha value is -1.89. The van der Waals surface area contributed by atoms with Crippen molar-refractivity contribution in [2.24, 2.45) is 5.73 Å². The molecule has 1 aromatic carbocycles. The fourth-order valence-electron chi connectivity index (χ4n) is 1.44. The first-order valence-corrected chi connectivity index (χ1v) is 5.23. The van der Waals surface area contributed by atoms with Crippen LogP contribution in [0.4, 0.5) is 13.2 Å². The van der Waals surface area contributed by atoms with Crippen molar-refractivity contribution < 1.29 is 13.2 Å². The summed E-state index contributed by atoms with van der Waals surface area (Å²) in [5.74, 6) is 0.635. The molecule has 1 aromatic heterocycles. The zero-order valence-electron chi connectivity index (χ0n) is 9.49. The smallest absolute Gasteiger partial charge is 0.322 e. The van der Waals surface area contributed by atoms with Gasteiger partial charge >= 0.3 is 6.18 Å². The standard InChI is InChI=1S/C11H11F3N4/c1-6(15)9-16-10(18-17-9)7-3-2-4-8(5-7)11(12,13)14/h2-6H,15H2,1H3,(H,16,17,18)/t6-/m0/s1. The number of benzene rings is 1. The van der Waals surface area contributed by atoms with Gasteiger partial charge in [0.1, 0.15) is 5.82 Å². The van der Waals surface area contributed by atoms with E-state index in [9.17, 15) is 13.2 Å². The van der Waals surface area contributed by atoms with E-state index >= 15 is 0 Å². The quantitative estimate of drug-likeness (QED) is 0.867. The maximum Gasteiger partial charge on any atom is 0.416 e. The first-order valence-electron chi connectivity index (χ1n) is 5.23. The highest BCUT2D eigenvalue weighted by molar-refractivity contribution is 5.56. The van der Waals surface area contributed by atoms with E-state index in [0.717, 1.165) is 12.1 Å². The van der Waals surface area contributed by atoms with E-state index in [4.69, 9.17) is 5.73 Å². The summed E-state index contributed by atoms with van der Waals surface area (Å²) >= 11 is 0. The molecule has 0 radical (unpaired) electrons. The Kier molecular flexibility index (Phi) is 3.08. The lowest BCUT2D eigenvalue weighted by Gasteiger charge is -2.06. The molecular formula is C11H11F3N4. The molecule has 0 amide bonds. The highest BCUT2D eigenvalue weighted by Crippen LogP contribution is 2.31. The van der Waals surface area contributed by atoms with E-state index in [0.29, 0.717) is 11.4 Å². The number of halogens is 3. The van der Waals surface area contributed by atoms with Crippen LogP contribution in [0.3, 0.4) is 0 Å². The first-order chi connectivity index (χ1) is 8.38. The molecule has 0 bridgehead atoms. The lowest BCUT2D eigenvalue weighted by Crippen LogP contribution is -2.06. The second-order valence-electron chi connectivity index (χ2n) is 3.91. The lowest BCUT2D eigenvalue weighted by molar-refractivity contribution is -0.137. The Morgan fingerprint density at radius 2 is 2.06 bits per heavy atom. The average Bonchev–Trinajstić information content (AvgIpc) is 2.77. The summed E-state index contributed by atoms with van der Waals surface area (Å²) in [6.07, 6.45) is -4.38. The number of hydrogen-bond acceptors (Lipinski definition) is 3. The number of aromatic amines is 1. The SMILES string of the molecule is C[C@H](N)c1nc(-c2cccc(C(F)(F)F)c2)n[nH]1. The number of nitrogens with zero attached hydrogens (tertiary/aromatic N) is 2. The van der Waals surface area contributed by atoms with Crippen LogP contribution in [0.1, 0.15) is 24.4 Å². The molecule has 0 unspecified atom stereocenters. The highest BCUT2D eigenvalue weighted by atomic mass is 19.4. The summed E-state index contributed by atoms with van der Waals surface area (Å²) in [5, 5.41) is 6.44. The summed E-state index contributed by atoms with van der Waals surface area (Å²) < 4.78 is 37.6. The van der Waals surface area contributed by atoms with E-state index in [1.165, 1.54) is 12.1 Å². The molecule has 1 heterocycles. The Labute approximate surface area is 101 Å². The molecule has 96 valence electrons. The van der Waals surface area contributed by atoms with Gasteiger partial charge in [0, 0.05) is 5.56 Å². The molecule has 0 saturated heterocycles. The second-order valence-corrected chi connectivity index (χ2v) is 3.91. The van der Waals surface area contributed by atoms with Crippen LogP contribution in [0.25, 0.3) is 11.4 Å². The van der Waals surface area contributed by atoms with Gasteiger partial charge in [-0.2, -0.15) is 18.3 Å². The van der Waals surface area contributed by atoms with E-state index < -0.39 is 11.7 Å². The summed E-state index contributed by atoms with van der Waals surface area (Å²) in [4.78, 5) is 4.04. The molecule has 7 heteroatoms. The van der Waals surface area contributed by atoms with Gasteiger partial charge < -0.3 is 5.73 Å². The summed E-state index contributed by atoms with van der Waals surface area (Å²) in [6, 6.07) is 4.50. The molecule has 0 spiro atoms. The molecule has 1 atom stereocenters. The van der Waals surface area contributed by atoms with Gasteiger partial charge in [0.15, 0.2) is 5.82 Å². The Balaban J connectivity index is 2.38. The third kappa shape index (κ3) is 2.51. The fourth-order valence-corrected chi connectivity index (χ4v) is 1.44. The molecule has 0 aliphatic heterocycles. The molecule has 4 nitrogen and oxygen atoms in total. The van der Waals surface area contributed by atoms with E-state index in [1.807, 2.05) is 0 Å². The monoisotopic (exact) mass is 256 g/mol. The van der Waals surface area contributed by atoms with E-state index in [1.54, 1.807) is 6.92 Å². The van der Waals surface area contributed by atoms with Crippen molar-refractivity contribution in [3.63, 3.8) is 0 Å². The number of rotatable bonds is 2. The van der Waals surface area contributed by atoms with E-state index in [-0.39, 0.29) is 11.9 Å². The second kappa shape index (κ2) is 4.41. The van der Waals surface area contributed by atoms with Crippen molar-refractivity contribution >= 4 is 0 Å². The molecule has 2 rings (SSSR count). The predicted octanol–water partition coefficient (Wildman–Crippen LogP) is 2.51. The van der Waals surface area contributed by atoms with Gasteiger partial charge in [0.25, 0.3) is 0 Å². The van der Waals surface area contributed by atoms with Crippen LogP contribution in [0.15, 0.2) is 24.3 Å². The summed E-state index contributed by atoms with van der Waals surface area (Å²) in [7, 11) is 0. The van der Waals surface area contributed by atoms with Gasteiger partial charge in [-0.1, -0.05) is 12.1 Å². The van der Waals surface area contributed by atoms with E-state index in [2.05, 4.69) is 15.2 Å². The van der Waals surface area contributed by atoms with Crippen LogP contribution in [0.2, 0.25) is 0 Å². The third-order valence-electron chi connectivity index (χ3n) is 2.38. The molecular weight excluding hydrogens is 245 g/mol. The average molecular weight is 256 g/mol. The lowest BCUT2D eigenvalue weighted by atomic mass is 10.1. The number of alkyl halides is 3. The molecule has 0 aliphatic carbocycles. The minimum Gasteiger partial charge on any atom is -0.322 e. The van der Waals surface area contributed by atoms with Crippen molar-refractivity contribution in [1.29, 1.82) is 0 Å². The number of hydrogen-bond donors (Lipinski definition) is 2. The number of nitrogens with one attached hydrogen (secondary N) is 1. The number of nitrogens with two attached hydrogens (primary N) is 1. The Bertz CT molecular complexity index is 545. The Morgan fingerprint density at radius 3 is 2.61 bits per heavy atom. The van der Waals surface area contributed by atoms with Crippen LogP contribution in [0.5, 0.6) is 0 Å². The maximum absolute atomic E-state index is 12.5. The van der Waals surface area contributed by atoms with Gasteiger partial charge in [-0.15, -0.1) is 0 Å². The minimum absolute atomic E-state index is 0.202. The van der Waals surface area contributed by atoms with Crippen molar-refractivity contribution in [2.45, 2.75) is 19.1 Å². The largest absolute Gasteiger partial charge is 0.416 e. The predicted molar refractivity (Wildman–Crippen MR) is 59.4 cm³/mol. The van der Waals surface area contributed by atoms with Crippen LogP contribution < -0.4 is 5.73 Å². The zero-order valence-corrected chi connectivity index (χ0v) is 9.49. The van der Waals surface area contributed by atoms with Crippen LogP contribution in [-0.2, 0) is 6.18 Å². The maximum atomic E-state index is 12.5. The summed E-state index contributed by atoms with van der Waals surface area (Å²) in [6.45, 7) is 1.70. The molecule has 0 aliphatic rings. The Morgan fingerprint density at radius 1 is 1.33 bits per heavy atom. The van der Waals surface area contributed by atoms with Crippen LogP contribution in [0, 0.1) is 0 Å². The molecule has 3 N–H and O–H groups in total. The topological polar surface area (TPSA) is 67.6 Å². The van der Waals surface area contributed by atoms with Gasteiger partial charge in [-0.25, -0.2) is 4.98 Å². The van der Waals surface area contributed by atoms with Crippen molar-refractivity contribution in [2.75, 3.05) is 0 Å². The highest BCUT2D eigenvalue weighted by Gasteiger charge is 2.30. The van der Waals surface area contributed by atoms with Gasteiger partial charge in [0.2, 0.25) is 0 Å². The molecule has 0 saturated carbocycles. The van der Waals surface area contributed by atoms with Gasteiger partial charge in [-0.05, 0) is 19.1 Å². The molecule has 18 heavy (non-hydrogen) atoms. The first kappa shape index (κ1) is 12.6. The summed E-state index contributed by atoms with van der Waals surface area (Å²) in [5.41, 5.74) is 5.16. The van der Waals surface area contributed by atoms with Crippen molar-refractivity contribution in [1.82, 2.24) is 15.2 Å². The van der Waals surface area contributed by atoms with Gasteiger partial charge in [0.05, 0.1) is 11.6 Å². The van der Waals surface area contributed by atoms with Crippen LogP contribution in [-0.4, -0.2) is 15.2 Å². The van der Waals surface area contributed by atoms with Crippen molar-refractivity contribution in [3.05, 3.63) is 35.7 Å². The van der Waals surface area contributed by atoms with Crippen LogP contribution >= 0.6 is 0 Å². The van der Waals surface area contributed by atoms with Crippen molar-refractivity contribution in [3.8, 4) is 11.4 Å². The third-order valence-corrected chi connectivity index (χ3v) is 2.38. The molecule has 2 aromatic rings. The number of H-pyrrole nitrogens is 1. The normalized spacial score (nSPS) is 13.6. The number of aromatic nitrogens is 3. The molecule has 0 fully saturated rings. The zero-order chi connectivity index (χ0) is 13.3.